The molecule has 2 aromatic rings. The van der Waals surface area contributed by atoms with E-state index in [1.54, 1.807) is 24.3 Å². The van der Waals surface area contributed by atoms with Crippen LogP contribution in [0, 0.1) is 0 Å². The number of thioether (sulfide) groups is 1. The van der Waals surface area contributed by atoms with Crippen LogP contribution in [0.15, 0.2) is 53.4 Å². The first kappa shape index (κ1) is 21.0. The average molecular weight is 422 g/mol. The largest absolute Gasteiger partial charge is 0.358 e. The minimum Gasteiger partial charge on any atom is -0.358 e. The van der Waals surface area contributed by atoms with Gasteiger partial charge in [0.05, 0.1) is 0 Å². The molecule has 1 fully saturated rings. The second-order valence-electron chi connectivity index (χ2n) is 6.86. The lowest BCUT2D eigenvalue weighted by atomic mass is 10.1. The van der Waals surface area contributed by atoms with Crippen LogP contribution in [0.25, 0.3) is 0 Å². The highest BCUT2D eigenvalue weighted by molar-refractivity contribution is 7.99. The minimum atomic E-state index is -2.41. The molecule has 0 radical (unpaired) electrons. The summed E-state index contributed by atoms with van der Waals surface area (Å²) < 4.78 is 24.7. The highest BCUT2D eigenvalue weighted by Crippen LogP contribution is 2.26. The van der Waals surface area contributed by atoms with Gasteiger partial charge in [0, 0.05) is 23.7 Å². The maximum atomic E-state index is 12.3. The van der Waals surface area contributed by atoms with Crippen LogP contribution in [-0.2, 0) is 13.1 Å². The summed E-state index contributed by atoms with van der Waals surface area (Å²) in [5, 5.41) is 6.76. The van der Waals surface area contributed by atoms with Crippen molar-refractivity contribution in [2.75, 3.05) is 18.4 Å². The molecule has 1 aliphatic rings. The van der Waals surface area contributed by atoms with E-state index >= 15 is 0 Å². The highest BCUT2D eigenvalue weighted by atomic mass is 32.2. The van der Waals surface area contributed by atoms with Gasteiger partial charge in [-0.2, -0.15) is 8.78 Å². The lowest BCUT2D eigenvalue weighted by Gasteiger charge is -2.26. The van der Waals surface area contributed by atoms with E-state index in [2.05, 4.69) is 39.8 Å². The van der Waals surface area contributed by atoms with Crippen molar-refractivity contribution in [1.29, 1.82) is 0 Å². The zero-order valence-electron chi connectivity index (χ0n) is 15.7. The van der Waals surface area contributed by atoms with E-state index < -0.39 is 5.76 Å². The Morgan fingerprint density at radius 2 is 1.61 bits per heavy atom. The van der Waals surface area contributed by atoms with Crippen molar-refractivity contribution >= 4 is 34.8 Å². The molecule has 0 saturated carbocycles. The van der Waals surface area contributed by atoms with E-state index in [1.807, 2.05) is 0 Å². The predicted octanol–water partition coefficient (Wildman–Crippen LogP) is 5.47. The number of thiocarbonyl (C=S) groups is 1. The van der Waals surface area contributed by atoms with Gasteiger partial charge in [0.1, 0.15) is 0 Å². The standard InChI is InChI=1S/C21H25F2N3S2/c22-20(23)28-19-10-8-18(9-11-19)25-21(27)24-14-16-4-6-17(7-5-16)15-26-12-2-1-3-13-26/h4-11,20H,1-3,12-15H2,(H2,24,25,27). The third kappa shape index (κ3) is 7.04. The van der Waals surface area contributed by atoms with E-state index in [-0.39, 0.29) is 0 Å². The first-order valence-electron chi connectivity index (χ1n) is 9.48. The quantitative estimate of drug-likeness (QED) is 0.456. The Morgan fingerprint density at radius 3 is 2.25 bits per heavy atom. The van der Waals surface area contributed by atoms with Crippen molar-refractivity contribution in [3.8, 4) is 0 Å². The van der Waals surface area contributed by atoms with Gasteiger partial charge in [0.2, 0.25) is 0 Å². The van der Waals surface area contributed by atoms with Gasteiger partial charge in [-0.1, -0.05) is 42.4 Å². The predicted molar refractivity (Wildman–Crippen MR) is 117 cm³/mol. The molecule has 2 N–H and O–H groups in total. The zero-order chi connectivity index (χ0) is 19.8. The number of benzene rings is 2. The fraction of sp³-hybridized carbons (Fsp3) is 0.381. The fourth-order valence-electron chi connectivity index (χ4n) is 3.22. The second-order valence-corrected chi connectivity index (χ2v) is 8.34. The summed E-state index contributed by atoms with van der Waals surface area (Å²) in [6.45, 7) is 4.05. The fourth-order valence-corrected chi connectivity index (χ4v) is 3.90. The number of likely N-dealkylation sites (tertiary alicyclic amines) is 1. The molecule has 0 aliphatic carbocycles. The van der Waals surface area contributed by atoms with E-state index in [4.69, 9.17) is 12.2 Å². The summed E-state index contributed by atoms with van der Waals surface area (Å²) in [5.74, 6) is -2.41. The number of nitrogens with one attached hydrogen (secondary N) is 2. The Labute approximate surface area is 174 Å². The molecular weight excluding hydrogens is 396 g/mol. The van der Waals surface area contributed by atoms with Gasteiger partial charge in [-0.3, -0.25) is 4.90 Å². The first-order chi connectivity index (χ1) is 13.6. The molecule has 0 spiro atoms. The third-order valence-electron chi connectivity index (χ3n) is 4.67. The molecular formula is C21H25F2N3S2. The normalized spacial score (nSPS) is 14.8. The van der Waals surface area contributed by atoms with E-state index in [0.29, 0.717) is 28.3 Å². The highest BCUT2D eigenvalue weighted by Gasteiger charge is 2.10. The number of anilines is 1. The number of hydrogen-bond donors (Lipinski definition) is 2. The Balaban J connectivity index is 1.42. The summed E-state index contributed by atoms with van der Waals surface area (Å²) in [6.07, 6.45) is 3.97. The summed E-state index contributed by atoms with van der Waals surface area (Å²) in [7, 11) is 0. The van der Waals surface area contributed by atoms with Crippen molar-refractivity contribution in [3.05, 3.63) is 59.7 Å². The van der Waals surface area contributed by atoms with Crippen LogP contribution in [-0.4, -0.2) is 28.9 Å². The molecule has 150 valence electrons. The first-order valence-corrected chi connectivity index (χ1v) is 10.8. The Bertz CT molecular complexity index is 745. The number of alkyl halides is 2. The van der Waals surface area contributed by atoms with E-state index in [9.17, 15) is 8.78 Å². The monoisotopic (exact) mass is 421 g/mol. The molecule has 28 heavy (non-hydrogen) atoms. The number of nitrogens with zero attached hydrogens (tertiary/aromatic N) is 1. The summed E-state index contributed by atoms with van der Waals surface area (Å²) >= 11 is 5.85. The van der Waals surface area contributed by atoms with Crippen molar-refractivity contribution in [1.82, 2.24) is 10.2 Å². The van der Waals surface area contributed by atoms with Gasteiger partial charge < -0.3 is 10.6 Å². The van der Waals surface area contributed by atoms with E-state index in [1.165, 1.54) is 37.9 Å². The molecule has 0 bridgehead atoms. The molecule has 1 aliphatic heterocycles. The molecule has 1 heterocycles. The summed E-state index contributed by atoms with van der Waals surface area (Å²) in [5.41, 5.74) is 3.27. The topological polar surface area (TPSA) is 27.3 Å². The van der Waals surface area contributed by atoms with Gasteiger partial charge in [-0.05, 0) is 73.5 Å². The summed E-state index contributed by atoms with van der Waals surface area (Å²) in [4.78, 5) is 3.05. The third-order valence-corrected chi connectivity index (χ3v) is 5.64. The van der Waals surface area contributed by atoms with Gasteiger partial charge in [-0.25, -0.2) is 0 Å². The molecule has 7 heteroatoms. The Hall–Kier alpha value is -1.70. The van der Waals surface area contributed by atoms with Crippen LogP contribution < -0.4 is 10.6 Å². The number of piperidine rings is 1. The van der Waals surface area contributed by atoms with Crippen LogP contribution >= 0.6 is 24.0 Å². The van der Waals surface area contributed by atoms with Gasteiger partial charge in [-0.15, -0.1) is 0 Å². The molecule has 0 atom stereocenters. The maximum absolute atomic E-state index is 12.3. The SMILES string of the molecule is FC(F)Sc1ccc(NC(=S)NCc2ccc(CN3CCCCC3)cc2)cc1. The van der Waals surface area contributed by atoms with Crippen molar-refractivity contribution in [2.24, 2.45) is 0 Å². The van der Waals surface area contributed by atoms with Crippen LogP contribution in [0.4, 0.5) is 14.5 Å². The molecule has 1 saturated heterocycles. The second kappa shape index (κ2) is 10.7. The van der Waals surface area contributed by atoms with Gasteiger partial charge in [0.25, 0.3) is 5.76 Å². The van der Waals surface area contributed by atoms with Crippen LogP contribution in [0.3, 0.4) is 0 Å². The van der Waals surface area contributed by atoms with Crippen molar-refractivity contribution in [3.63, 3.8) is 0 Å². The van der Waals surface area contributed by atoms with Gasteiger partial charge >= 0.3 is 0 Å². The number of rotatable bonds is 7. The molecule has 3 rings (SSSR count). The lowest BCUT2D eigenvalue weighted by molar-refractivity contribution is 0.221. The molecule has 2 aromatic carbocycles. The number of hydrogen-bond acceptors (Lipinski definition) is 3. The van der Waals surface area contributed by atoms with Crippen LogP contribution in [0.1, 0.15) is 30.4 Å². The van der Waals surface area contributed by atoms with Gasteiger partial charge in [0.15, 0.2) is 5.11 Å². The van der Waals surface area contributed by atoms with Crippen molar-refractivity contribution in [2.45, 2.75) is 43.0 Å². The zero-order valence-corrected chi connectivity index (χ0v) is 17.3. The average Bonchev–Trinajstić information content (AvgIpc) is 2.69. The smallest absolute Gasteiger partial charge is 0.288 e. The maximum Gasteiger partial charge on any atom is 0.288 e. The van der Waals surface area contributed by atoms with Crippen molar-refractivity contribution < 1.29 is 8.78 Å². The Morgan fingerprint density at radius 1 is 0.964 bits per heavy atom. The van der Waals surface area contributed by atoms with E-state index in [0.717, 1.165) is 17.8 Å². The lowest BCUT2D eigenvalue weighted by Crippen LogP contribution is -2.29. The Kier molecular flexibility index (Phi) is 8.06. The molecule has 0 unspecified atom stereocenters. The molecule has 0 aromatic heterocycles. The summed E-state index contributed by atoms with van der Waals surface area (Å²) in [6, 6.07) is 15.4. The van der Waals surface area contributed by atoms with Crippen LogP contribution in [0.2, 0.25) is 0 Å². The van der Waals surface area contributed by atoms with Crippen LogP contribution in [0.5, 0.6) is 0 Å². The number of halogens is 2. The molecule has 3 nitrogen and oxygen atoms in total. The molecule has 0 amide bonds. The minimum absolute atomic E-state index is 0.506.